The minimum atomic E-state index is -0.395. The second kappa shape index (κ2) is 4.20. The molecule has 0 amide bonds. The first-order valence-corrected chi connectivity index (χ1v) is 6.97. The number of hydrogen-bond donors (Lipinski definition) is 0. The van der Waals surface area contributed by atoms with Crippen LogP contribution in [-0.2, 0) is 19.0 Å². The molecule has 3 heterocycles. The van der Waals surface area contributed by atoms with Gasteiger partial charge in [-0.25, -0.2) is 0 Å². The predicted molar refractivity (Wildman–Crippen MR) is 65.0 cm³/mol. The van der Waals surface area contributed by atoms with Gasteiger partial charge in [0, 0.05) is 18.3 Å². The van der Waals surface area contributed by atoms with E-state index in [0.29, 0.717) is 11.8 Å². The molecule has 4 nitrogen and oxygen atoms in total. The Morgan fingerprint density at radius 2 is 2.06 bits per heavy atom. The summed E-state index contributed by atoms with van der Waals surface area (Å²) in [5.41, 5.74) is -0.395. The zero-order valence-corrected chi connectivity index (χ0v) is 11.3. The standard InChI is InChI=1S/C14H22O4/c1-4-14(2,3)13(15)18-11-5-10-8-6-16-7-9(8)12(11)17-10/h8-12H,4-7H2,1-3H3. The number of hydrogen-bond acceptors (Lipinski definition) is 4. The van der Waals surface area contributed by atoms with Gasteiger partial charge in [0.1, 0.15) is 12.2 Å². The van der Waals surface area contributed by atoms with Gasteiger partial charge in [-0.3, -0.25) is 4.79 Å². The molecule has 0 radical (unpaired) electrons. The Balaban J connectivity index is 1.65. The van der Waals surface area contributed by atoms with Crippen LogP contribution in [0.5, 0.6) is 0 Å². The molecule has 3 rings (SSSR count). The summed E-state index contributed by atoms with van der Waals surface area (Å²) < 4.78 is 17.1. The molecule has 5 unspecified atom stereocenters. The van der Waals surface area contributed by atoms with Crippen molar-refractivity contribution in [2.45, 2.75) is 51.9 Å². The third kappa shape index (κ3) is 1.77. The Bertz CT molecular complexity index is 352. The molecule has 3 saturated heterocycles. The van der Waals surface area contributed by atoms with Crippen molar-refractivity contribution in [3.63, 3.8) is 0 Å². The van der Waals surface area contributed by atoms with Crippen molar-refractivity contribution in [2.75, 3.05) is 13.2 Å². The molecule has 0 N–H and O–H groups in total. The zero-order chi connectivity index (χ0) is 12.9. The van der Waals surface area contributed by atoms with Crippen LogP contribution in [0.1, 0.15) is 33.6 Å². The first kappa shape index (κ1) is 12.4. The lowest BCUT2D eigenvalue weighted by Crippen LogP contribution is -2.41. The van der Waals surface area contributed by atoms with Crippen molar-refractivity contribution in [1.82, 2.24) is 0 Å². The molecule has 3 aliphatic heterocycles. The number of esters is 1. The van der Waals surface area contributed by atoms with Gasteiger partial charge in [0.05, 0.1) is 24.7 Å². The predicted octanol–water partition coefficient (Wildman–Crippen LogP) is 1.77. The van der Waals surface area contributed by atoms with E-state index in [1.807, 2.05) is 20.8 Å². The van der Waals surface area contributed by atoms with Crippen LogP contribution >= 0.6 is 0 Å². The van der Waals surface area contributed by atoms with Gasteiger partial charge in [-0.05, 0) is 20.3 Å². The van der Waals surface area contributed by atoms with Gasteiger partial charge in [-0.2, -0.15) is 0 Å². The van der Waals surface area contributed by atoms with Crippen LogP contribution in [0, 0.1) is 17.3 Å². The lowest BCUT2D eigenvalue weighted by atomic mass is 9.80. The molecule has 3 aliphatic rings. The number of fused-ring (bicyclic) bond motifs is 5. The highest BCUT2D eigenvalue weighted by Crippen LogP contribution is 2.47. The van der Waals surface area contributed by atoms with Gasteiger partial charge in [0.25, 0.3) is 0 Å². The third-order valence-electron chi connectivity index (χ3n) is 4.93. The molecule has 0 aromatic carbocycles. The maximum absolute atomic E-state index is 12.1. The second-order valence-corrected chi connectivity index (χ2v) is 6.42. The summed E-state index contributed by atoms with van der Waals surface area (Å²) in [7, 11) is 0. The average Bonchev–Trinajstić information content (AvgIpc) is 2.99. The van der Waals surface area contributed by atoms with Crippen molar-refractivity contribution in [3.8, 4) is 0 Å². The Kier molecular flexibility index (Phi) is 2.90. The quantitative estimate of drug-likeness (QED) is 0.720. The number of carbonyl (C=O) groups excluding carboxylic acids is 1. The Labute approximate surface area is 108 Å². The average molecular weight is 254 g/mol. The summed E-state index contributed by atoms with van der Waals surface area (Å²) in [5.74, 6) is 0.872. The Hall–Kier alpha value is -0.610. The molecule has 4 heteroatoms. The summed E-state index contributed by atoms with van der Waals surface area (Å²) in [6.07, 6.45) is 1.89. The molecule has 0 aromatic rings. The van der Waals surface area contributed by atoms with E-state index in [4.69, 9.17) is 14.2 Å². The first-order chi connectivity index (χ1) is 8.53. The van der Waals surface area contributed by atoms with Gasteiger partial charge < -0.3 is 14.2 Å². The molecular formula is C14H22O4. The Morgan fingerprint density at radius 3 is 2.78 bits per heavy atom. The monoisotopic (exact) mass is 254 g/mol. The van der Waals surface area contributed by atoms with E-state index in [2.05, 4.69) is 0 Å². The van der Waals surface area contributed by atoms with Gasteiger partial charge >= 0.3 is 5.97 Å². The number of rotatable bonds is 3. The van der Waals surface area contributed by atoms with Gasteiger partial charge in [0.15, 0.2) is 0 Å². The molecular weight excluding hydrogens is 232 g/mol. The van der Waals surface area contributed by atoms with E-state index in [1.54, 1.807) is 0 Å². The molecule has 0 spiro atoms. The van der Waals surface area contributed by atoms with Crippen LogP contribution in [0.15, 0.2) is 0 Å². The topological polar surface area (TPSA) is 44.8 Å². The van der Waals surface area contributed by atoms with Crippen LogP contribution in [-0.4, -0.2) is 37.5 Å². The molecule has 3 fully saturated rings. The number of carbonyl (C=O) groups is 1. The van der Waals surface area contributed by atoms with Crippen molar-refractivity contribution in [2.24, 2.45) is 17.3 Å². The fourth-order valence-corrected chi connectivity index (χ4v) is 3.23. The molecule has 5 atom stereocenters. The summed E-state index contributed by atoms with van der Waals surface area (Å²) in [6.45, 7) is 7.46. The van der Waals surface area contributed by atoms with E-state index in [0.717, 1.165) is 26.1 Å². The van der Waals surface area contributed by atoms with E-state index < -0.39 is 5.41 Å². The van der Waals surface area contributed by atoms with Crippen molar-refractivity contribution >= 4 is 5.97 Å². The number of ether oxygens (including phenoxy) is 3. The molecule has 0 saturated carbocycles. The largest absolute Gasteiger partial charge is 0.459 e. The first-order valence-electron chi connectivity index (χ1n) is 6.97. The highest BCUT2D eigenvalue weighted by Gasteiger charge is 2.57. The van der Waals surface area contributed by atoms with Gasteiger partial charge in [-0.15, -0.1) is 0 Å². The minimum absolute atomic E-state index is 0.0590. The lowest BCUT2D eigenvalue weighted by molar-refractivity contribution is -0.163. The van der Waals surface area contributed by atoms with Crippen LogP contribution in [0.3, 0.4) is 0 Å². The maximum Gasteiger partial charge on any atom is 0.311 e. The summed E-state index contributed by atoms with van der Waals surface area (Å²) in [4.78, 5) is 12.1. The van der Waals surface area contributed by atoms with E-state index in [1.165, 1.54) is 0 Å². The third-order valence-corrected chi connectivity index (χ3v) is 4.93. The second-order valence-electron chi connectivity index (χ2n) is 6.42. The van der Waals surface area contributed by atoms with Crippen LogP contribution in [0.4, 0.5) is 0 Å². The normalized spacial score (nSPS) is 42.1. The van der Waals surface area contributed by atoms with E-state index in [-0.39, 0.29) is 24.3 Å². The SMILES string of the molecule is CCC(C)(C)C(=O)OC1CC2OC1C1COCC21. The maximum atomic E-state index is 12.1. The smallest absolute Gasteiger partial charge is 0.311 e. The molecule has 0 aliphatic carbocycles. The van der Waals surface area contributed by atoms with Crippen LogP contribution < -0.4 is 0 Å². The lowest BCUT2D eigenvalue weighted by Gasteiger charge is -2.29. The van der Waals surface area contributed by atoms with Gasteiger partial charge in [0.2, 0.25) is 0 Å². The fourth-order valence-electron chi connectivity index (χ4n) is 3.23. The minimum Gasteiger partial charge on any atom is -0.459 e. The van der Waals surface area contributed by atoms with Gasteiger partial charge in [-0.1, -0.05) is 6.92 Å². The van der Waals surface area contributed by atoms with Crippen molar-refractivity contribution in [1.29, 1.82) is 0 Å². The van der Waals surface area contributed by atoms with E-state index in [9.17, 15) is 4.79 Å². The summed E-state index contributed by atoms with van der Waals surface area (Å²) in [6, 6.07) is 0. The van der Waals surface area contributed by atoms with Crippen LogP contribution in [0.25, 0.3) is 0 Å². The highest BCUT2D eigenvalue weighted by atomic mass is 16.6. The highest BCUT2D eigenvalue weighted by molar-refractivity contribution is 5.76. The van der Waals surface area contributed by atoms with Crippen LogP contribution in [0.2, 0.25) is 0 Å². The van der Waals surface area contributed by atoms with Crippen molar-refractivity contribution in [3.05, 3.63) is 0 Å². The van der Waals surface area contributed by atoms with Crippen molar-refractivity contribution < 1.29 is 19.0 Å². The molecule has 102 valence electrons. The molecule has 0 aromatic heterocycles. The molecule has 18 heavy (non-hydrogen) atoms. The fraction of sp³-hybridized carbons (Fsp3) is 0.929. The summed E-state index contributed by atoms with van der Waals surface area (Å²) >= 11 is 0. The zero-order valence-electron chi connectivity index (χ0n) is 11.3. The Morgan fingerprint density at radius 1 is 1.33 bits per heavy atom. The van der Waals surface area contributed by atoms with E-state index >= 15 is 0 Å². The summed E-state index contributed by atoms with van der Waals surface area (Å²) in [5, 5.41) is 0. The molecule has 2 bridgehead atoms.